The van der Waals surface area contributed by atoms with Crippen LogP contribution in [0.1, 0.15) is 11.4 Å². The van der Waals surface area contributed by atoms with Crippen molar-refractivity contribution in [3.05, 3.63) is 116 Å². The highest BCUT2D eigenvalue weighted by Crippen LogP contribution is 2.24. The van der Waals surface area contributed by atoms with Crippen LogP contribution in [0.5, 0.6) is 0 Å². The number of pyridine rings is 1. The molecule has 5 aromatic rings. The number of thiazole rings is 1. The fraction of sp³-hybridized carbons (Fsp3) is 0.148. The topological polar surface area (TPSA) is 57.1 Å². The number of hydrogen-bond donors (Lipinski definition) is 0. The molecule has 0 radical (unpaired) electrons. The highest BCUT2D eigenvalue weighted by atomic mass is 35.5. The molecule has 3 aromatic heterocycles. The van der Waals surface area contributed by atoms with Gasteiger partial charge in [0, 0.05) is 47.9 Å². The molecular weight excluding hydrogens is 478 g/mol. The molecule has 0 amide bonds. The van der Waals surface area contributed by atoms with Crippen LogP contribution in [0.4, 0.5) is 5.69 Å². The average molecular weight is 502 g/mol. The largest absolute Gasteiger partial charge is 0.316 e. The summed E-state index contributed by atoms with van der Waals surface area (Å²) < 4.78 is 5.64. The summed E-state index contributed by atoms with van der Waals surface area (Å²) in [5.74, 6) is 0. The van der Waals surface area contributed by atoms with E-state index in [4.69, 9.17) is 16.6 Å². The fourth-order valence-corrected chi connectivity index (χ4v) is 5.20. The van der Waals surface area contributed by atoms with E-state index in [-0.39, 0.29) is 5.56 Å². The Morgan fingerprint density at radius 2 is 1.83 bits per heavy atom. The van der Waals surface area contributed by atoms with Crippen molar-refractivity contribution in [1.29, 1.82) is 0 Å². The first-order chi connectivity index (χ1) is 17.0. The SMILES string of the molecule is Cc1c(N=c2scc(-c3cccc(Cl)c3)n2CCc2ccccn2)c(=O)n(-c2ccccc2)n1C. The van der Waals surface area contributed by atoms with Gasteiger partial charge >= 0.3 is 0 Å². The van der Waals surface area contributed by atoms with Gasteiger partial charge in [0.25, 0.3) is 5.56 Å². The first kappa shape index (κ1) is 23.1. The van der Waals surface area contributed by atoms with E-state index in [1.807, 2.05) is 91.4 Å². The van der Waals surface area contributed by atoms with Crippen LogP contribution in [0, 0.1) is 6.92 Å². The smallest absolute Gasteiger partial charge is 0.297 e. The quantitative estimate of drug-likeness (QED) is 0.307. The van der Waals surface area contributed by atoms with Crippen molar-refractivity contribution in [2.24, 2.45) is 12.0 Å². The molecule has 0 bridgehead atoms. The molecule has 0 atom stereocenters. The number of hydrogen-bond acceptors (Lipinski definition) is 4. The maximum Gasteiger partial charge on any atom is 0.297 e. The van der Waals surface area contributed by atoms with Crippen LogP contribution in [0.3, 0.4) is 0 Å². The number of para-hydroxylation sites is 1. The molecule has 0 N–H and O–H groups in total. The Labute approximate surface area is 212 Å². The summed E-state index contributed by atoms with van der Waals surface area (Å²) in [6.45, 7) is 2.59. The number of aromatic nitrogens is 4. The summed E-state index contributed by atoms with van der Waals surface area (Å²) in [7, 11) is 1.88. The molecule has 0 saturated carbocycles. The van der Waals surface area contributed by atoms with Gasteiger partial charge in [0.1, 0.15) is 0 Å². The minimum Gasteiger partial charge on any atom is -0.316 e. The highest BCUT2D eigenvalue weighted by Gasteiger charge is 2.17. The Morgan fingerprint density at radius 3 is 2.57 bits per heavy atom. The van der Waals surface area contributed by atoms with E-state index < -0.39 is 0 Å². The van der Waals surface area contributed by atoms with Gasteiger partial charge in [-0.15, -0.1) is 11.3 Å². The second-order valence-electron chi connectivity index (χ2n) is 8.16. The Bertz CT molecular complexity index is 1600. The van der Waals surface area contributed by atoms with E-state index in [2.05, 4.69) is 14.9 Å². The average Bonchev–Trinajstić information content (AvgIpc) is 3.37. The van der Waals surface area contributed by atoms with Crippen LogP contribution in [0.2, 0.25) is 5.02 Å². The van der Waals surface area contributed by atoms with Gasteiger partial charge in [0.2, 0.25) is 0 Å². The lowest BCUT2D eigenvalue weighted by Crippen LogP contribution is -2.20. The van der Waals surface area contributed by atoms with Crippen molar-refractivity contribution in [3.8, 4) is 16.9 Å². The monoisotopic (exact) mass is 501 g/mol. The van der Waals surface area contributed by atoms with Crippen LogP contribution in [-0.2, 0) is 20.0 Å². The van der Waals surface area contributed by atoms with E-state index in [1.165, 1.54) is 11.3 Å². The van der Waals surface area contributed by atoms with Gasteiger partial charge < -0.3 is 4.57 Å². The van der Waals surface area contributed by atoms with E-state index in [0.717, 1.165) is 39.6 Å². The third-order valence-electron chi connectivity index (χ3n) is 5.97. The van der Waals surface area contributed by atoms with Crippen molar-refractivity contribution in [2.75, 3.05) is 0 Å². The number of rotatable bonds is 6. The van der Waals surface area contributed by atoms with Crippen LogP contribution in [-0.4, -0.2) is 18.9 Å². The number of nitrogens with zero attached hydrogens (tertiary/aromatic N) is 5. The van der Waals surface area contributed by atoms with Gasteiger partial charge in [-0.05, 0) is 43.3 Å². The molecule has 0 fully saturated rings. The van der Waals surface area contributed by atoms with E-state index in [1.54, 1.807) is 10.9 Å². The Hall–Kier alpha value is -3.68. The molecule has 3 heterocycles. The van der Waals surface area contributed by atoms with Crippen molar-refractivity contribution in [3.63, 3.8) is 0 Å². The van der Waals surface area contributed by atoms with Gasteiger partial charge in [-0.3, -0.25) is 14.5 Å². The molecule has 8 heteroatoms. The normalized spacial score (nSPS) is 11.8. The lowest BCUT2D eigenvalue weighted by molar-refractivity contribution is 0.630. The minimum atomic E-state index is -0.148. The summed E-state index contributed by atoms with van der Waals surface area (Å²) in [5, 5.41) is 2.74. The van der Waals surface area contributed by atoms with Crippen molar-refractivity contribution in [2.45, 2.75) is 19.9 Å². The predicted octanol–water partition coefficient (Wildman–Crippen LogP) is 5.54. The maximum absolute atomic E-state index is 13.4. The molecule has 0 aliphatic rings. The molecule has 0 aliphatic heterocycles. The van der Waals surface area contributed by atoms with E-state index >= 15 is 0 Å². The van der Waals surface area contributed by atoms with Gasteiger partial charge in [-0.2, -0.15) is 0 Å². The number of aryl methyl sites for hydroxylation is 1. The summed E-state index contributed by atoms with van der Waals surface area (Å²) in [5.41, 5.74) is 4.89. The summed E-state index contributed by atoms with van der Waals surface area (Å²) >= 11 is 7.80. The van der Waals surface area contributed by atoms with Crippen LogP contribution >= 0.6 is 22.9 Å². The number of benzene rings is 2. The zero-order chi connectivity index (χ0) is 24.4. The second kappa shape index (κ2) is 9.90. The van der Waals surface area contributed by atoms with Crippen molar-refractivity contribution < 1.29 is 0 Å². The molecular formula is C27H24ClN5OS. The molecule has 35 heavy (non-hydrogen) atoms. The molecule has 0 unspecified atom stereocenters. The summed E-state index contributed by atoms with van der Waals surface area (Å²) in [4.78, 5) is 23.6. The predicted molar refractivity (Wildman–Crippen MR) is 142 cm³/mol. The summed E-state index contributed by atoms with van der Waals surface area (Å²) in [6, 6.07) is 23.3. The fourth-order valence-electron chi connectivity index (χ4n) is 4.06. The second-order valence-corrected chi connectivity index (χ2v) is 9.43. The van der Waals surface area contributed by atoms with Gasteiger partial charge in [-0.25, -0.2) is 9.67 Å². The maximum atomic E-state index is 13.4. The third-order valence-corrected chi connectivity index (χ3v) is 7.07. The molecule has 0 aliphatic carbocycles. The van der Waals surface area contributed by atoms with E-state index in [9.17, 15) is 4.79 Å². The number of halogens is 1. The molecule has 176 valence electrons. The lowest BCUT2D eigenvalue weighted by Gasteiger charge is -2.09. The first-order valence-electron chi connectivity index (χ1n) is 11.3. The van der Waals surface area contributed by atoms with Crippen molar-refractivity contribution in [1.82, 2.24) is 18.9 Å². The minimum absolute atomic E-state index is 0.148. The molecule has 6 nitrogen and oxygen atoms in total. The van der Waals surface area contributed by atoms with Crippen LogP contribution in [0.25, 0.3) is 16.9 Å². The molecule has 0 spiro atoms. The summed E-state index contributed by atoms with van der Waals surface area (Å²) in [6.07, 6.45) is 2.54. The van der Waals surface area contributed by atoms with Gasteiger partial charge in [0.15, 0.2) is 10.5 Å². The standard InChI is InChI=1S/C27H24ClN5OS/c1-19-25(26(34)33(31(19)2)23-12-4-3-5-13-23)30-27-32(16-14-22-11-6-7-15-29-22)24(18-35-27)20-9-8-10-21(28)17-20/h3-13,15,17-18H,14,16H2,1-2H3. The highest BCUT2D eigenvalue weighted by molar-refractivity contribution is 7.07. The molecule has 5 rings (SSSR count). The van der Waals surface area contributed by atoms with Crippen LogP contribution in [0.15, 0.2) is 94.2 Å². The van der Waals surface area contributed by atoms with Crippen LogP contribution < -0.4 is 10.4 Å². The van der Waals surface area contributed by atoms with Crippen molar-refractivity contribution >= 4 is 28.6 Å². The molecule has 0 saturated heterocycles. The Kier molecular flexibility index (Phi) is 6.53. The van der Waals surface area contributed by atoms with E-state index in [0.29, 0.717) is 17.3 Å². The zero-order valence-corrected chi connectivity index (χ0v) is 21.0. The Morgan fingerprint density at radius 1 is 1.03 bits per heavy atom. The van der Waals surface area contributed by atoms with Gasteiger partial charge in [-0.1, -0.05) is 48.0 Å². The zero-order valence-electron chi connectivity index (χ0n) is 19.4. The first-order valence-corrected chi connectivity index (χ1v) is 12.5. The Balaban J connectivity index is 1.65. The lowest BCUT2D eigenvalue weighted by atomic mass is 10.1. The third kappa shape index (κ3) is 4.65. The van der Waals surface area contributed by atoms with Gasteiger partial charge in [0.05, 0.1) is 17.1 Å². The molecule has 2 aromatic carbocycles.